The lowest BCUT2D eigenvalue weighted by Gasteiger charge is -2.40. The number of benzene rings is 1. The number of carbonyl (C=O) groups excluding carboxylic acids is 1. The van der Waals surface area contributed by atoms with E-state index >= 15 is 0 Å². The SMILES string of the molecule is O=C(N1CC(OCc2ccc(C(F)(F)F)cc2F)C1)N1CCC(c2ncn[nH]2)C1. The highest BCUT2D eigenvalue weighted by atomic mass is 19.4. The fourth-order valence-corrected chi connectivity index (χ4v) is 3.52. The average molecular weight is 413 g/mol. The van der Waals surface area contributed by atoms with Crippen molar-refractivity contribution in [2.45, 2.75) is 31.2 Å². The summed E-state index contributed by atoms with van der Waals surface area (Å²) < 4.78 is 57.1. The van der Waals surface area contributed by atoms with Crippen LogP contribution in [0.1, 0.15) is 29.3 Å². The molecule has 2 aliphatic rings. The Labute approximate surface area is 163 Å². The highest BCUT2D eigenvalue weighted by molar-refractivity contribution is 5.75. The van der Waals surface area contributed by atoms with Gasteiger partial charge < -0.3 is 14.5 Å². The van der Waals surface area contributed by atoms with E-state index in [4.69, 9.17) is 4.74 Å². The maximum atomic E-state index is 13.9. The fraction of sp³-hybridized carbons (Fsp3) is 0.500. The molecule has 2 saturated heterocycles. The number of ether oxygens (including phenoxy) is 1. The largest absolute Gasteiger partial charge is 0.416 e. The number of H-pyrrole nitrogens is 1. The van der Waals surface area contributed by atoms with Gasteiger partial charge >= 0.3 is 12.2 Å². The molecule has 4 rings (SSSR count). The summed E-state index contributed by atoms with van der Waals surface area (Å²) in [6, 6.07) is 2.28. The van der Waals surface area contributed by atoms with Crippen LogP contribution in [-0.2, 0) is 17.5 Å². The molecule has 1 N–H and O–H groups in total. The van der Waals surface area contributed by atoms with Crippen LogP contribution in [0.4, 0.5) is 22.4 Å². The molecule has 3 heterocycles. The number of nitrogens with one attached hydrogen (secondary N) is 1. The molecular weight excluding hydrogens is 394 g/mol. The normalized spacial score (nSPS) is 20.2. The van der Waals surface area contributed by atoms with Crippen molar-refractivity contribution in [3.8, 4) is 0 Å². The van der Waals surface area contributed by atoms with Crippen LogP contribution in [0.5, 0.6) is 0 Å². The molecule has 0 radical (unpaired) electrons. The average Bonchev–Trinajstić information content (AvgIpc) is 3.31. The van der Waals surface area contributed by atoms with Crippen LogP contribution in [0.15, 0.2) is 24.5 Å². The second kappa shape index (κ2) is 7.62. The molecule has 2 amide bonds. The molecule has 0 bridgehead atoms. The quantitative estimate of drug-likeness (QED) is 0.783. The highest BCUT2D eigenvalue weighted by Gasteiger charge is 2.37. The Hall–Kier alpha value is -2.69. The number of hydrogen-bond acceptors (Lipinski definition) is 4. The molecule has 1 atom stereocenters. The summed E-state index contributed by atoms with van der Waals surface area (Å²) in [7, 11) is 0. The molecule has 11 heteroatoms. The van der Waals surface area contributed by atoms with E-state index in [2.05, 4.69) is 15.2 Å². The summed E-state index contributed by atoms with van der Waals surface area (Å²) in [4.78, 5) is 20.0. The van der Waals surface area contributed by atoms with Gasteiger partial charge in [0.25, 0.3) is 0 Å². The van der Waals surface area contributed by atoms with E-state index in [1.807, 2.05) is 0 Å². The van der Waals surface area contributed by atoms with Crippen molar-refractivity contribution in [2.24, 2.45) is 0 Å². The number of rotatable bonds is 4. The summed E-state index contributed by atoms with van der Waals surface area (Å²) in [6.45, 7) is 1.78. The topological polar surface area (TPSA) is 74.3 Å². The van der Waals surface area contributed by atoms with Gasteiger partial charge in [0.05, 0.1) is 31.4 Å². The zero-order chi connectivity index (χ0) is 20.6. The van der Waals surface area contributed by atoms with Crippen LogP contribution in [0.25, 0.3) is 0 Å². The van der Waals surface area contributed by atoms with Crippen molar-refractivity contribution in [2.75, 3.05) is 26.2 Å². The Morgan fingerprint density at radius 1 is 1.24 bits per heavy atom. The molecule has 2 aromatic rings. The van der Waals surface area contributed by atoms with Crippen LogP contribution in [0.2, 0.25) is 0 Å². The van der Waals surface area contributed by atoms with E-state index in [0.29, 0.717) is 32.2 Å². The monoisotopic (exact) mass is 413 g/mol. The Morgan fingerprint density at radius 3 is 2.69 bits per heavy atom. The minimum atomic E-state index is -4.59. The molecule has 0 spiro atoms. The van der Waals surface area contributed by atoms with Crippen LogP contribution >= 0.6 is 0 Å². The first kappa shape index (κ1) is 19.6. The van der Waals surface area contributed by atoms with Crippen LogP contribution in [0.3, 0.4) is 0 Å². The molecule has 1 aromatic carbocycles. The Morgan fingerprint density at radius 2 is 2.03 bits per heavy atom. The van der Waals surface area contributed by atoms with Gasteiger partial charge in [-0.25, -0.2) is 14.2 Å². The van der Waals surface area contributed by atoms with E-state index in [0.717, 1.165) is 24.4 Å². The van der Waals surface area contributed by atoms with Gasteiger partial charge in [-0.15, -0.1) is 0 Å². The smallest absolute Gasteiger partial charge is 0.370 e. The molecule has 29 heavy (non-hydrogen) atoms. The second-order valence-electron chi connectivity index (χ2n) is 7.23. The van der Waals surface area contributed by atoms with E-state index in [-0.39, 0.29) is 30.2 Å². The molecule has 1 unspecified atom stereocenters. The van der Waals surface area contributed by atoms with Gasteiger partial charge in [-0.05, 0) is 18.6 Å². The minimum absolute atomic E-state index is 0.0530. The predicted octanol–water partition coefficient (Wildman–Crippen LogP) is 2.77. The van der Waals surface area contributed by atoms with Gasteiger partial charge in [-0.1, -0.05) is 6.07 Å². The first-order valence-electron chi connectivity index (χ1n) is 9.17. The third-order valence-electron chi connectivity index (χ3n) is 5.25. The number of urea groups is 1. The van der Waals surface area contributed by atoms with E-state index < -0.39 is 17.6 Å². The van der Waals surface area contributed by atoms with Crippen LogP contribution in [0, 0.1) is 5.82 Å². The predicted molar refractivity (Wildman–Crippen MR) is 92.3 cm³/mol. The van der Waals surface area contributed by atoms with Crippen molar-refractivity contribution < 1.29 is 27.1 Å². The van der Waals surface area contributed by atoms with E-state index in [1.165, 1.54) is 6.33 Å². The summed E-state index contributed by atoms with van der Waals surface area (Å²) in [5, 5.41) is 6.65. The van der Waals surface area contributed by atoms with Crippen LogP contribution in [-0.4, -0.2) is 63.3 Å². The number of halogens is 4. The number of hydrogen-bond donors (Lipinski definition) is 1. The third kappa shape index (κ3) is 4.19. The van der Waals surface area contributed by atoms with Gasteiger partial charge in [0.1, 0.15) is 18.0 Å². The number of nitrogens with zero attached hydrogens (tertiary/aromatic N) is 4. The van der Waals surface area contributed by atoms with Crippen molar-refractivity contribution in [1.29, 1.82) is 0 Å². The Balaban J connectivity index is 1.23. The summed E-state index contributed by atoms with van der Waals surface area (Å²) >= 11 is 0. The maximum Gasteiger partial charge on any atom is 0.416 e. The molecule has 156 valence electrons. The molecule has 0 aliphatic carbocycles. The summed E-state index contributed by atoms with van der Waals surface area (Å²) in [5.41, 5.74) is -0.981. The van der Waals surface area contributed by atoms with Gasteiger partial charge in [0.15, 0.2) is 0 Å². The lowest BCUT2D eigenvalue weighted by molar-refractivity contribution is -0.137. The number of carbonyl (C=O) groups is 1. The Kier molecular flexibility index (Phi) is 5.15. The van der Waals surface area contributed by atoms with Crippen molar-refractivity contribution >= 4 is 6.03 Å². The maximum absolute atomic E-state index is 13.9. The lowest BCUT2D eigenvalue weighted by Crippen LogP contribution is -2.58. The number of likely N-dealkylation sites (tertiary alicyclic amines) is 2. The van der Waals surface area contributed by atoms with Crippen molar-refractivity contribution in [3.63, 3.8) is 0 Å². The number of aromatic amines is 1. The second-order valence-corrected chi connectivity index (χ2v) is 7.23. The summed E-state index contributed by atoms with van der Waals surface area (Å²) in [5.74, 6) is -0.0521. The standard InChI is InChI=1S/C18H19F4N5O2/c19-15-5-13(18(20,21)22)2-1-12(15)9-29-14-7-27(8-14)17(28)26-4-3-11(6-26)16-23-10-24-25-16/h1-2,5,10-11,14H,3-4,6-9H2,(H,23,24,25). The van der Waals surface area contributed by atoms with Crippen molar-refractivity contribution in [3.05, 3.63) is 47.3 Å². The minimum Gasteiger partial charge on any atom is -0.370 e. The zero-order valence-corrected chi connectivity index (χ0v) is 15.3. The van der Waals surface area contributed by atoms with Gasteiger partial charge in [0, 0.05) is 24.6 Å². The molecule has 1 aromatic heterocycles. The summed E-state index contributed by atoms with van der Waals surface area (Å²) in [6.07, 6.45) is -2.61. The number of amides is 2. The first-order valence-corrected chi connectivity index (χ1v) is 9.17. The lowest BCUT2D eigenvalue weighted by atomic mass is 10.1. The van der Waals surface area contributed by atoms with Crippen molar-refractivity contribution in [1.82, 2.24) is 25.0 Å². The number of alkyl halides is 3. The number of aromatic nitrogens is 3. The first-order chi connectivity index (χ1) is 13.8. The highest BCUT2D eigenvalue weighted by Crippen LogP contribution is 2.31. The molecular formula is C18H19F4N5O2. The van der Waals surface area contributed by atoms with Crippen LogP contribution < -0.4 is 0 Å². The molecule has 7 nitrogen and oxygen atoms in total. The van der Waals surface area contributed by atoms with E-state index in [9.17, 15) is 22.4 Å². The third-order valence-corrected chi connectivity index (χ3v) is 5.25. The van der Waals surface area contributed by atoms with Gasteiger partial charge in [0.2, 0.25) is 0 Å². The van der Waals surface area contributed by atoms with Gasteiger partial charge in [-0.2, -0.15) is 18.3 Å². The fourth-order valence-electron chi connectivity index (χ4n) is 3.52. The zero-order valence-electron chi connectivity index (χ0n) is 15.3. The van der Waals surface area contributed by atoms with E-state index in [1.54, 1.807) is 9.80 Å². The molecule has 2 aliphatic heterocycles. The molecule has 2 fully saturated rings. The molecule has 0 saturated carbocycles. The Bertz CT molecular complexity index is 868. The van der Waals surface area contributed by atoms with Gasteiger partial charge in [-0.3, -0.25) is 5.10 Å².